The van der Waals surface area contributed by atoms with Gasteiger partial charge in [0.05, 0.1) is 22.6 Å². The van der Waals surface area contributed by atoms with Gasteiger partial charge in [0.15, 0.2) is 10.9 Å². The standard InChI is InChI=1S/C26H25F3N2O2S/c1-4-25(5-2)14-17-8-6-7-9-19(17)22-21(25)23(33)31(3)24(30-22)34-15-20(32)16-10-12-18(13-11-16)26(27,28)29/h6-13H,4-5,14-15H2,1-3H3. The fourth-order valence-electron chi connectivity index (χ4n) is 4.65. The molecule has 1 aromatic heterocycles. The van der Waals surface area contributed by atoms with Crippen LogP contribution in [0.4, 0.5) is 13.2 Å². The average Bonchev–Trinajstić information content (AvgIpc) is 2.83. The van der Waals surface area contributed by atoms with Crippen LogP contribution in [0.1, 0.15) is 53.7 Å². The topological polar surface area (TPSA) is 52.0 Å². The Bertz CT molecular complexity index is 1290. The van der Waals surface area contributed by atoms with Gasteiger partial charge in [0, 0.05) is 23.6 Å². The van der Waals surface area contributed by atoms with E-state index in [1.54, 1.807) is 7.05 Å². The first-order valence-electron chi connectivity index (χ1n) is 11.1. The van der Waals surface area contributed by atoms with Crippen LogP contribution in [0.2, 0.25) is 0 Å². The highest BCUT2D eigenvalue weighted by atomic mass is 32.2. The largest absolute Gasteiger partial charge is 0.416 e. The summed E-state index contributed by atoms with van der Waals surface area (Å²) in [6.07, 6.45) is -2.07. The van der Waals surface area contributed by atoms with E-state index in [0.717, 1.165) is 59.8 Å². The molecule has 0 aliphatic heterocycles. The van der Waals surface area contributed by atoms with Crippen molar-refractivity contribution < 1.29 is 18.0 Å². The molecular formula is C26H25F3N2O2S. The van der Waals surface area contributed by atoms with E-state index in [1.165, 1.54) is 16.7 Å². The molecule has 0 spiro atoms. The van der Waals surface area contributed by atoms with Gasteiger partial charge in [0.1, 0.15) is 0 Å². The van der Waals surface area contributed by atoms with Gasteiger partial charge >= 0.3 is 6.18 Å². The summed E-state index contributed by atoms with van der Waals surface area (Å²) in [5, 5.41) is 0.404. The van der Waals surface area contributed by atoms with Crippen LogP contribution in [0.5, 0.6) is 0 Å². The van der Waals surface area contributed by atoms with Gasteiger partial charge < -0.3 is 0 Å². The number of benzene rings is 2. The molecule has 0 N–H and O–H groups in total. The molecule has 0 saturated carbocycles. The first kappa shape index (κ1) is 24.3. The van der Waals surface area contributed by atoms with Gasteiger partial charge in [-0.05, 0) is 37.0 Å². The van der Waals surface area contributed by atoms with Crippen LogP contribution >= 0.6 is 11.8 Å². The highest BCUT2D eigenvalue weighted by Gasteiger charge is 2.40. The van der Waals surface area contributed by atoms with E-state index in [1.807, 2.05) is 18.2 Å². The van der Waals surface area contributed by atoms with Crippen molar-refractivity contribution in [2.45, 2.75) is 49.9 Å². The maximum absolute atomic E-state index is 13.5. The normalized spacial score (nSPS) is 14.4. The molecule has 3 aromatic rings. The van der Waals surface area contributed by atoms with Crippen LogP contribution in [0, 0.1) is 0 Å². The monoisotopic (exact) mass is 486 g/mol. The third-order valence-corrected chi connectivity index (χ3v) is 7.83. The van der Waals surface area contributed by atoms with Crippen molar-refractivity contribution in [3.63, 3.8) is 0 Å². The van der Waals surface area contributed by atoms with Crippen molar-refractivity contribution in [3.05, 3.63) is 81.1 Å². The summed E-state index contributed by atoms with van der Waals surface area (Å²) in [7, 11) is 1.65. The van der Waals surface area contributed by atoms with Gasteiger partial charge in [-0.1, -0.05) is 62.0 Å². The minimum Gasteiger partial charge on any atom is -0.293 e. The first-order chi connectivity index (χ1) is 16.1. The van der Waals surface area contributed by atoms with Crippen molar-refractivity contribution in [2.24, 2.45) is 7.05 Å². The lowest BCUT2D eigenvalue weighted by Crippen LogP contribution is -2.40. The van der Waals surface area contributed by atoms with Crippen molar-refractivity contribution >= 4 is 17.5 Å². The first-order valence-corrected chi connectivity index (χ1v) is 12.1. The van der Waals surface area contributed by atoms with Crippen LogP contribution in [0.15, 0.2) is 58.5 Å². The number of rotatable bonds is 6. The van der Waals surface area contributed by atoms with E-state index in [-0.39, 0.29) is 28.1 Å². The van der Waals surface area contributed by atoms with E-state index in [2.05, 4.69) is 19.9 Å². The third-order valence-electron chi connectivity index (χ3n) is 6.80. The number of halogens is 3. The molecular weight excluding hydrogens is 461 g/mol. The van der Waals surface area contributed by atoms with Gasteiger partial charge in [0.25, 0.3) is 5.56 Å². The Balaban J connectivity index is 1.68. The van der Waals surface area contributed by atoms with Crippen LogP contribution < -0.4 is 5.56 Å². The van der Waals surface area contributed by atoms with Gasteiger partial charge in [-0.2, -0.15) is 13.2 Å². The molecule has 8 heteroatoms. The predicted molar refractivity (Wildman–Crippen MR) is 127 cm³/mol. The number of thioether (sulfide) groups is 1. The van der Waals surface area contributed by atoms with Gasteiger partial charge in [-0.15, -0.1) is 0 Å². The molecule has 1 aliphatic rings. The molecule has 2 aromatic carbocycles. The molecule has 0 fully saturated rings. The Morgan fingerprint density at radius 1 is 1.09 bits per heavy atom. The van der Waals surface area contributed by atoms with Crippen molar-refractivity contribution in [1.29, 1.82) is 0 Å². The Morgan fingerprint density at radius 3 is 2.35 bits per heavy atom. The SMILES string of the molecule is CCC1(CC)Cc2ccccc2-c2nc(SCC(=O)c3ccc(C(F)(F)F)cc3)n(C)c(=O)c21. The molecule has 0 unspecified atom stereocenters. The number of hydrogen-bond donors (Lipinski definition) is 0. The number of aromatic nitrogens is 2. The summed E-state index contributed by atoms with van der Waals surface area (Å²) in [6.45, 7) is 4.18. The quantitative estimate of drug-likeness (QED) is 0.242. The van der Waals surface area contributed by atoms with Gasteiger partial charge in [0.2, 0.25) is 0 Å². The summed E-state index contributed by atoms with van der Waals surface area (Å²) in [5.74, 6) is -0.374. The predicted octanol–water partition coefficient (Wildman–Crippen LogP) is 6.06. The van der Waals surface area contributed by atoms with Crippen LogP contribution in [-0.4, -0.2) is 21.1 Å². The molecule has 1 heterocycles. The molecule has 0 bridgehead atoms. The summed E-state index contributed by atoms with van der Waals surface area (Å²) < 4.78 is 39.9. The molecule has 34 heavy (non-hydrogen) atoms. The fourth-order valence-corrected chi connectivity index (χ4v) is 5.51. The number of nitrogens with zero attached hydrogens (tertiary/aromatic N) is 2. The third kappa shape index (κ3) is 4.19. The minimum atomic E-state index is -4.45. The number of ketones is 1. The van der Waals surface area contributed by atoms with Crippen molar-refractivity contribution in [3.8, 4) is 11.3 Å². The second kappa shape index (κ2) is 9.06. The van der Waals surface area contributed by atoms with E-state index in [0.29, 0.717) is 10.9 Å². The molecule has 4 rings (SSSR count). The Hall–Kier alpha value is -2.87. The zero-order chi connectivity index (χ0) is 24.7. The Kier molecular flexibility index (Phi) is 6.46. The zero-order valence-corrected chi connectivity index (χ0v) is 20.0. The second-order valence-corrected chi connectivity index (χ2v) is 9.53. The summed E-state index contributed by atoms with van der Waals surface area (Å²) in [4.78, 5) is 31.0. The lowest BCUT2D eigenvalue weighted by atomic mass is 9.66. The Morgan fingerprint density at radius 2 is 1.74 bits per heavy atom. The molecule has 0 radical (unpaired) electrons. The molecule has 4 nitrogen and oxygen atoms in total. The fraction of sp³-hybridized carbons (Fsp3) is 0.346. The number of hydrogen-bond acceptors (Lipinski definition) is 4. The highest BCUT2D eigenvalue weighted by molar-refractivity contribution is 7.99. The second-order valence-electron chi connectivity index (χ2n) is 8.59. The number of Topliss-reactive ketones (excluding diaryl/α,β-unsaturated/α-hetero) is 1. The van der Waals surface area contributed by atoms with Crippen LogP contribution in [-0.2, 0) is 25.1 Å². The number of alkyl halides is 3. The molecule has 178 valence electrons. The zero-order valence-electron chi connectivity index (χ0n) is 19.2. The lowest BCUT2D eigenvalue weighted by molar-refractivity contribution is -0.137. The maximum atomic E-state index is 13.5. The van der Waals surface area contributed by atoms with Crippen LogP contribution in [0.25, 0.3) is 11.3 Å². The smallest absolute Gasteiger partial charge is 0.293 e. The molecule has 0 amide bonds. The average molecular weight is 487 g/mol. The summed E-state index contributed by atoms with van der Waals surface area (Å²) in [5.41, 5.74) is 2.43. The molecule has 0 atom stereocenters. The number of carbonyl (C=O) groups excluding carboxylic acids is 1. The summed E-state index contributed by atoms with van der Waals surface area (Å²) >= 11 is 1.12. The lowest BCUT2D eigenvalue weighted by Gasteiger charge is -2.38. The number of fused-ring (bicyclic) bond motifs is 3. The van der Waals surface area contributed by atoms with Gasteiger partial charge in [-0.3, -0.25) is 14.2 Å². The Labute approximate surface area is 200 Å². The number of carbonyl (C=O) groups is 1. The summed E-state index contributed by atoms with van der Waals surface area (Å²) in [6, 6.07) is 12.1. The van der Waals surface area contributed by atoms with E-state index < -0.39 is 11.7 Å². The maximum Gasteiger partial charge on any atom is 0.416 e. The van der Waals surface area contributed by atoms with E-state index >= 15 is 0 Å². The van der Waals surface area contributed by atoms with Crippen molar-refractivity contribution in [2.75, 3.05) is 5.75 Å². The van der Waals surface area contributed by atoms with E-state index in [4.69, 9.17) is 4.98 Å². The minimum absolute atomic E-state index is 0.0429. The molecule has 1 aliphatic carbocycles. The van der Waals surface area contributed by atoms with Gasteiger partial charge in [-0.25, -0.2) is 4.98 Å². The molecule has 0 saturated heterocycles. The highest BCUT2D eigenvalue weighted by Crippen LogP contribution is 2.45. The van der Waals surface area contributed by atoms with Crippen LogP contribution in [0.3, 0.4) is 0 Å². The van der Waals surface area contributed by atoms with E-state index in [9.17, 15) is 22.8 Å². The van der Waals surface area contributed by atoms with Crippen molar-refractivity contribution in [1.82, 2.24) is 9.55 Å².